The zero-order chi connectivity index (χ0) is 13.1. The SMILES string of the molecule is CCCN1C(=O)C[C@H](N)[C@H]1c1ccc(CC)cc1. The summed E-state index contributed by atoms with van der Waals surface area (Å²) in [6, 6.07) is 8.49. The third kappa shape index (κ3) is 2.41. The van der Waals surface area contributed by atoms with Gasteiger partial charge in [-0.15, -0.1) is 0 Å². The number of hydrogen-bond donors (Lipinski definition) is 1. The fourth-order valence-corrected chi connectivity index (χ4v) is 2.70. The van der Waals surface area contributed by atoms with Crippen LogP contribution in [0.1, 0.15) is 43.9 Å². The van der Waals surface area contributed by atoms with Crippen LogP contribution in [0.5, 0.6) is 0 Å². The maximum atomic E-state index is 11.9. The lowest BCUT2D eigenvalue weighted by molar-refractivity contribution is -0.129. The Kier molecular flexibility index (Phi) is 4.02. The van der Waals surface area contributed by atoms with E-state index in [4.69, 9.17) is 5.73 Å². The molecule has 0 radical (unpaired) electrons. The van der Waals surface area contributed by atoms with Crippen LogP contribution < -0.4 is 5.73 Å². The summed E-state index contributed by atoms with van der Waals surface area (Å²) >= 11 is 0. The van der Waals surface area contributed by atoms with Crippen LogP contribution in [0, 0.1) is 0 Å². The first-order chi connectivity index (χ1) is 8.67. The highest BCUT2D eigenvalue weighted by Gasteiger charge is 2.37. The Balaban J connectivity index is 2.25. The van der Waals surface area contributed by atoms with Crippen LogP contribution in [0.15, 0.2) is 24.3 Å². The lowest BCUT2D eigenvalue weighted by Crippen LogP contribution is -2.33. The monoisotopic (exact) mass is 246 g/mol. The molecule has 0 aromatic heterocycles. The molecule has 0 unspecified atom stereocenters. The van der Waals surface area contributed by atoms with E-state index in [-0.39, 0.29) is 18.0 Å². The second kappa shape index (κ2) is 5.53. The van der Waals surface area contributed by atoms with Crippen molar-refractivity contribution in [1.82, 2.24) is 4.90 Å². The Labute approximate surface area is 109 Å². The minimum Gasteiger partial charge on any atom is -0.334 e. The molecule has 1 fully saturated rings. The Morgan fingerprint density at radius 2 is 1.94 bits per heavy atom. The lowest BCUT2D eigenvalue weighted by atomic mass is 9.99. The number of likely N-dealkylation sites (tertiary alicyclic amines) is 1. The fraction of sp³-hybridized carbons (Fsp3) is 0.533. The summed E-state index contributed by atoms with van der Waals surface area (Å²) in [5.74, 6) is 0.189. The predicted octanol–water partition coefficient (Wildman–Crippen LogP) is 2.26. The molecule has 0 spiro atoms. The van der Waals surface area contributed by atoms with Crippen LogP contribution >= 0.6 is 0 Å². The molecule has 18 heavy (non-hydrogen) atoms. The summed E-state index contributed by atoms with van der Waals surface area (Å²) in [6.07, 6.45) is 2.48. The van der Waals surface area contributed by atoms with Crippen LogP contribution in [0.2, 0.25) is 0 Å². The summed E-state index contributed by atoms with van der Waals surface area (Å²) < 4.78 is 0. The number of nitrogens with two attached hydrogens (primary N) is 1. The van der Waals surface area contributed by atoms with Gasteiger partial charge in [0, 0.05) is 19.0 Å². The average molecular weight is 246 g/mol. The van der Waals surface area contributed by atoms with Gasteiger partial charge in [0.2, 0.25) is 5.91 Å². The molecule has 3 heteroatoms. The Morgan fingerprint density at radius 3 is 2.50 bits per heavy atom. The standard InChI is InChI=1S/C15H22N2O/c1-3-9-17-14(18)10-13(16)15(17)12-7-5-11(4-2)6-8-12/h5-8,13,15H,3-4,9-10,16H2,1-2H3/t13-,15+/m0/s1. The molecule has 1 heterocycles. The topological polar surface area (TPSA) is 46.3 Å². The van der Waals surface area contributed by atoms with E-state index in [9.17, 15) is 4.79 Å². The molecule has 1 saturated heterocycles. The maximum Gasteiger partial charge on any atom is 0.224 e. The second-order valence-corrected chi connectivity index (χ2v) is 5.00. The molecule has 2 rings (SSSR count). The molecular weight excluding hydrogens is 224 g/mol. The molecule has 2 atom stereocenters. The molecule has 1 aliphatic rings. The largest absolute Gasteiger partial charge is 0.334 e. The van der Waals surface area contributed by atoms with Crippen molar-refractivity contribution in [3.8, 4) is 0 Å². The van der Waals surface area contributed by atoms with Gasteiger partial charge in [-0.05, 0) is 24.0 Å². The first-order valence-electron chi connectivity index (χ1n) is 6.81. The third-order valence-corrected chi connectivity index (χ3v) is 3.67. The molecule has 1 aliphatic heterocycles. The van der Waals surface area contributed by atoms with Crippen molar-refractivity contribution in [1.29, 1.82) is 0 Å². The first-order valence-corrected chi connectivity index (χ1v) is 6.81. The Hall–Kier alpha value is -1.35. The van der Waals surface area contributed by atoms with Gasteiger partial charge in [0.15, 0.2) is 0 Å². The zero-order valence-corrected chi connectivity index (χ0v) is 11.2. The van der Waals surface area contributed by atoms with Crippen LogP contribution in [0.3, 0.4) is 0 Å². The molecule has 1 aromatic carbocycles. The molecule has 2 N–H and O–H groups in total. The van der Waals surface area contributed by atoms with Crippen molar-refractivity contribution >= 4 is 5.91 Å². The molecule has 1 aromatic rings. The quantitative estimate of drug-likeness (QED) is 0.885. The van der Waals surface area contributed by atoms with Gasteiger partial charge in [0.05, 0.1) is 6.04 Å². The summed E-state index contributed by atoms with van der Waals surface area (Å²) in [6.45, 7) is 5.03. The number of hydrogen-bond acceptors (Lipinski definition) is 2. The van der Waals surface area contributed by atoms with Gasteiger partial charge in [-0.3, -0.25) is 4.79 Å². The van der Waals surface area contributed by atoms with Crippen molar-refractivity contribution in [3.63, 3.8) is 0 Å². The van der Waals surface area contributed by atoms with Crippen molar-refractivity contribution < 1.29 is 4.79 Å². The highest BCUT2D eigenvalue weighted by atomic mass is 16.2. The van der Waals surface area contributed by atoms with E-state index in [1.807, 2.05) is 4.90 Å². The van der Waals surface area contributed by atoms with E-state index in [0.29, 0.717) is 6.42 Å². The van der Waals surface area contributed by atoms with Crippen molar-refractivity contribution in [2.75, 3.05) is 6.54 Å². The Bertz CT molecular complexity index is 413. The van der Waals surface area contributed by atoms with Gasteiger partial charge in [0.25, 0.3) is 0 Å². The minimum absolute atomic E-state index is 0.0587. The Morgan fingerprint density at radius 1 is 1.28 bits per heavy atom. The maximum absolute atomic E-state index is 11.9. The molecule has 0 saturated carbocycles. The van der Waals surface area contributed by atoms with Gasteiger partial charge in [0.1, 0.15) is 0 Å². The van der Waals surface area contributed by atoms with E-state index in [1.54, 1.807) is 0 Å². The van der Waals surface area contributed by atoms with E-state index in [2.05, 4.69) is 38.1 Å². The number of amides is 1. The number of carbonyl (C=O) groups excluding carboxylic acids is 1. The summed E-state index contributed by atoms with van der Waals surface area (Å²) in [7, 11) is 0. The second-order valence-electron chi connectivity index (χ2n) is 5.00. The summed E-state index contributed by atoms with van der Waals surface area (Å²) in [5.41, 5.74) is 8.61. The highest BCUT2D eigenvalue weighted by molar-refractivity contribution is 5.80. The van der Waals surface area contributed by atoms with E-state index in [0.717, 1.165) is 19.4 Å². The van der Waals surface area contributed by atoms with Gasteiger partial charge in [-0.2, -0.15) is 0 Å². The van der Waals surface area contributed by atoms with Crippen molar-refractivity contribution in [2.45, 2.75) is 45.2 Å². The smallest absolute Gasteiger partial charge is 0.224 e. The van der Waals surface area contributed by atoms with Crippen LogP contribution in [0.4, 0.5) is 0 Å². The average Bonchev–Trinajstić information content (AvgIpc) is 2.65. The van der Waals surface area contributed by atoms with E-state index >= 15 is 0 Å². The lowest BCUT2D eigenvalue weighted by Gasteiger charge is -2.27. The molecular formula is C15H22N2O. The van der Waals surface area contributed by atoms with Crippen LogP contribution in [-0.4, -0.2) is 23.4 Å². The molecule has 0 aliphatic carbocycles. The predicted molar refractivity (Wildman–Crippen MR) is 73.2 cm³/mol. The highest BCUT2D eigenvalue weighted by Crippen LogP contribution is 2.32. The van der Waals surface area contributed by atoms with Crippen molar-refractivity contribution in [3.05, 3.63) is 35.4 Å². The summed E-state index contributed by atoms with van der Waals surface area (Å²) in [5, 5.41) is 0. The summed E-state index contributed by atoms with van der Waals surface area (Å²) in [4.78, 5) is 13.9. The zero-order valence-electron chi connectivity index (χ0n) is 11.2. The first kappa shape index (κ1) is 13.1. The number of aryl methyl sites for hydroxylation is 1. The molecule has 3 nitrogen and oxygen atoms in total. The van der Waals surface area contributed by atoms with E-state index in [1.165, 1.54) is 11.1 Å². The van der Waals surface area contributed by atoms with Crippen molar-refractivity contribution in [2.24, 2.45) is 5.73 Å². The number of nitrogens with zero attached hydrogens (tertiary/aromatic N) is 1. The van der Waals surface area contributed by atoms with E-state index < -0.39 is 0 Å². The molecule has 98 valence electrons. The van der Waals surface area contributed by atoms with Gasteiger partial charge in [-0.1, -0.05) is 38.1 Å². The molecule has 1 amide bonds. The van der Waals surface area contributed by atoms with Crippen LogP contribution in [-0.2, 0) is 11.2 Å². The minimum atomic E-state index is -0.0727. The van der Waals surface area contributed by atoms with Crippen LogP contribution in [0.25, 0.3) is 0 Å². The van der Waals surface area contributed by atoms with Gasteiger partial charge in [-0.25, -0.2) is 0 Å². The molecule has 0 bridgehead atoms. The fourth-order valence-electron chi connectivity index (χ4n) is 2.70. The van der Waals surface area contributed by atoms with Gasteiger partial charge < -0.3 is 10.6 Å². The normalized spacial score (nSPS) is 23.7. The van der Waals surface area contributed by atoms with Gasteiger partial charge >= 0.3 is 0 Å². The number of benzene rings is 1. The number of rotatable bonds is 4. The third-order valence-electron chi connectivity index (χ3n) is 3.67. The number of carbonyl (C=O) groups is 1.